The van der Waals surface area contributed by atoms with E-state index in [1.165, 1.54) is 30.4 Å². The molecule has 2 aliphatic heterocycles. The maximum absolute atomic E-state index is 12.8. The van der Waals surface area contributed by atoms with Crippen molar-refractivity contribution in [3.05, 3.63) is 35.4 Å². The van der Waals surface area contributed by atoms with Crippen molar-refractivity contribution in [2.75, 3.05) is 13.1 Å². The average Bonchev–Trinajstić information content (AvgIpc) is 2.78. The van der Waals surface area contributed by atoms with Crippen molar-refractivity contribution in [2.45, 2.75) is 84.0 Å². The number of aryl methyl sites for hydroxylation is 1. The van der Waals surface area contributed by atoms with Crippen molar-refractivity contribution in [1.82, 2.24) is 9.80 Å². The molecule has 144 valence electrons. The van der Waals surface area contributed by atoms with Crippen LogP contribution in [0.25, 0.3) is 0 Å². The van der Waals surface area contributed by atoms with E-state index in [9.17, 15) is 4.79 Å². The largest absolute Gasteiger partial charge is 0.444 e. The molecular weight excluding hydrogens is 324 g/mol. The molecule has 2 heterocycles. The highest BCUT2D eigenvalue weighted by molar-refractivity contribution is 5.68. The fourth-order valence-electron chi connectivity index (χ4n) is 4.32. The van der Waals surface area contributed by atoms with E-state index in [0.717, 1.165) is 32.5 Å². The predicted octanol–water partition coefficient (Wildman–Crippen LogP) is 4.75. The normalized spacial score (nSPS) is 24.7. The fraction of sp³-hybridized carbons (Fsp3) is 0.682. The number of hydrogen-bond acceptors (Lipinski definition) is 3. The summed E-state index contributed by atoms with van der Waals surface area (Å²) in [5.41, 5.74) is 2.23. The number of hydrogen-bond donors (Lipinski definition) is 0. The van der Waals surface area contributed by atoms with Crippen LogP contribution in [0, 0.1) is 6.92 Å². The Balaban J connectivity index is 1.75. The van der Waals surface area contributed by atoms with Gasteiger partial charge in [-0.05, 0) is 65.5 Å². The molecule has 0 saturated carbocycles. The molecule has 2 fully saturated rings. The van der Waals surface area contributed by atoms with Crippen LogP contribution in [0.15, 0.2) is 24.3 Å². The van der Waals surface area contributed by atoms with Crippen LogP contribution in [0.5, 0.6) is 0 Å². The minimum Gasteiger partial charge on any atom is -0.444 e. The van der Waals surface area contributed by atoms with E-state index in [-0.39, 0.29) is 12.1 Å². The van der Waals surface area contributed by atoms with E-state index < -0.39 is 5.60 Å². The highest BCUT2D eigenvalue weighted by Gasteiger charge is 2.39. The molecule has 2 saturated heterocycles. The molecular formula is C22H34N2O2. The maximum Gasteiger partial charge on any atom is 0.410 e. The second-order valence-electron chi connectivity index (χ2n) is 8.90. The number of fused-ring (bicyclic) bond motifs is 1. The van der Waals surface area contributed by atoms with Gasteiger partial charge in [-0.1, -0.05) is 36.2 Å². The molecule has 1 amide bonds. The van der Waals surface area contributed by atoms with E-state index in [1.807, 2.05) is 25.7 Å². The molecule has 2 atom stereocenters. The third-order valence-electron chi connectivity index (χ3n) is 5.54. The molecule has 0 aliphatic carbocycles. The number of benzene rings is 1. The molecule has 1 aromatic rings. The van der Waals surface area contributed by atoms with Gasteiger partial charge in [0.25, 0.3) is 0 Å². The molecule has 0 aromatic heterocycles. The highest BCUT2D eigenvalue weighted by Crippen LogP contribution is 2.31. The van der Waals surface area contributed by atoms with Crippen LogP contribution < -0.4 is 0 Å². The Bertz CT molecular complexity index is 606. The molecule has 4 nitrogen and oxygen atoms in total. The zero-order chi connectivity index (χ0) is 18.7. The van der Waals surface area contributed by atoms with Gasteiger partial charge in [-0.25, -0.2) is 4.79 Å². The van der Waals surface area contributed by atoms with E-state index in [2.05, 4.69) is 36.1 Å². The first-order valence-corrected chi connectivity index (χ1v) is 10.1. The standard InChI is InChI=1S/C22H34N2O2/c1-17-10-12-18(13-11-17)16-23-14-6-5-8-20-19(23)9-7-15-24(20)21(25)26-22(2,3)4/h10-13,19-20H,5-9,14-16H2,1-4H3. The summed E-state index contributed by atoms with van der Waals surface area (Å²) in [7, 11) is 0. The predicted molar refractivity (Wildman–Crippen MR) is 105 cm³/mol. The van der Waals surface area contributed by atoms with Crippen molar-refractivity contribution >= 4 is 6.09 Å². The number of nitrogens with zero attached hydrogens (tertiary/aromatic N) is 2. The first-order chi connectivity index (χ1) is 12.3. The molecule has 1 aromatic carbocycles. The third-order valence-corrected chi connectivity index (χ3v) is 5.54. The number of ether oxygens (including phenoxy) is 1. The third kappa shape index (κ3) is 4.79. The number of piperidine rings is 1. The smallest absolute Gasteiger partial charge is 0.410 e. The van der Waals surface area contributed by atoms with Gasteiger partial charge in [0.2, 0.25) is 0 Å². The Morgan fingerprint density at radius 1 is 1.04 bits per heavy atom. The summed E-state index contributed by atoms with van der Waals surface area (Å²) in [5.74, 6) is 0. The SMILES string of the molecule is Cc1ccc(CN2CCCCC3C2CCCN3C(=O)OC(C)(C)C)cc1. The summed E-state index contributed by atoms with van der Waals surface area (Å²) in [5, 5.41) is 0. The molecule has 0 spiro atoms. The van der Waals surface area contributed by atoms with Gasteiger partial charge in [0, 0.05) is 19.1 Å². The monoisotopic (exact) mass is 358 g/mol. The number of carbonyl (C=O) groups is 1. The Kier molecular flexibility index (Phi) is 5.91. The van der Waals surface area contributed by atoms with Crippen LogP contribution in [0.1, 0.15) is 64.0 Å². The quantitative estimate of drug-likeness (QED) is 0.765. The molecule has 4 heteroatoms. The van der Waals surface area contributed by atoms with Gasteiger partial charge in [0.05, 0.1) is 6.04 Å². The molecule has 0 N–H and O–H groups in total. The number of carbonyl (C=O) groups excluding carboxylic acids is 1. The first-order valence-electron chi connectivity index (χ1n) is 10.1. The van der Waals surface area contributed by atoms with E-state index in [4.69, 9.17) is 4.74 Å². The maximum atomic E-state index is 12.8. The van der Waals surface area contributed by atoms with Crippen molar-refractivity contribution in [2.24, 2.45) is 0 Å². The zero-order valence-electron chi connectivity index (χ0n) is 16.8. The van der Waals surface area contributed by atoms with Crippen molar-refractivity contribution in [3.63, 3.8) is 0 Å². The highest BCUT2D eigenvalue weighted by atomic mass is 16.6. The van der Waals surface area contributed by atoms with Crippen LogP contribution in [-0.2, 0) is 11.3 Å². The lowest BCUT2D eigenvalue weighted by Crippen LogP contribution is -2.56. The molecule has 3 rings (SSSR count). The van der Waals surface area contributed by atoms with Gasteiger partial charge in [-0.3, -0.25) is 4.90 Å². The van der Waals surface area contributed by atoms with Gasteiger partial charge >= 0.3 is 6.09 Å². The van der Waals surface area contributed by atoms with Gasteiger partial charge in [-0.2, -0.15) is 0 Å². The summed E-state index contributed by atoms with van der Waals surface area (Å²) in [6.45, 7) is 10.9. The molecule has 0 radical (unpaired) electrons. The van der Waals surface area contributed by atoms with E-state index >= 15 is 0 Å². The van der Waals surface area contributed by atoms with Gasteiger partial charge in [0.15, 0.2) is 0 Å². The second kappa shape index (κ2) is 7.99. The Labute approximate surface area is 158 Å². The van der Waals surface area contributed by atoms with E-state index in [1.54, 1.807) is 0 Å². The van der Waals surface area contributed by atoms with Crippen molar-refractivity contribution in [3.8, 4) is 0 Å². The Hall–Kier alpha value is -1.55. The molecule has 26 heavy (non-hydrogen) atoms. The topological polar surface area (TPSA) is 32.8 Å². The number of amides is 1. The summed E-state index contributed by atoms with van der Waals surface area (Å²) in [6, 6.07) is 9.59. The summed E-state index contributed by atoms with van der Waals surface area (Å²) < 4.78 is 5.70. The lowest BCUT2D eigenvalue weighted by molar-refractivity contribution is -0.00965. The average molecular weight is 359 g/mol. The van der Waals surface area contributed by atoms with Gasteiger partial charge in [0.1, 0.15) is 5.60 Å². The van der Waals surface area contributed by atoms with Crippen molar-refractivity contribution < 1.29 is 9.53 Å². The van der Waals surface area contributed by atoms with Crippen LogP contribution in [0.2, 0.25) is 0 Å². The molecule has 2 unspecified atom stereocenters. The van der Waals surface area contributed by atoms with Crippen LogP contribution in [-0.4, -0.2) is 46.7 Å². The second-order valence-corrected chi connectivity index (χ2v) is 8.90. The number of rotatable bonds is 2. The van der Waals surface area contributed by atoms with Gasteiger partial charge < -0.3 is 9.64 Å². The Morgan fingerprint density at radius 3 is 2.42 bits per heavy atom. The minimum atomic E-state index is -0.434. The fourth-order valence-corrected chi connectivity index (χ4v) is 4.32. The summed E-state index contributed by atoms with van der Waals surface area (Å²) in [6.07, 6.45) is 5.59. The zero-order valence-corrected chi connectivity index (χ0v) is 16.8. The Morgan fingerprint density at radius 2 is 1.73 bits per heavy atom. The lowest BCUT2D eigenvalue weighted by Gasteiger charge is -2.45. The molecule has 2 aliphatic rings. The lowest BCUT2D eigenvalue weighted by atomic mass is 9.92. The summed E-state index contributed by atoms with van der Waals surface area (Å²) >= 11 is 0. The van der Waals surface area contributed by atoms with E-state index in [0.29, 0.717) is 6.04 Å². The summed E-state index contributed by atoms with van der Waals surface area (Å²) in [4.78, 5) is 17.4. The van der Waals surface area contributed by atoms with Gasteiger partial charge in [-0.15, -0.1) is 0 Å². The van der Waals surface area contributed by atoms with Crippen molar-refractivity contribution in [1.29, 1.82) is 0 Å². The van der Waals surface area contributed by atoms with Crippen LogP contribution >= 0.6 is 0 Å². The first kappa shape index (κ1) is 19.2. The molecule has 0 bridgehead atoms. The minimum absolute atomic E-state index is 0.135. The van der Waals surface area contributed by atoms with Crippen LogP contribution in [0.4, 0.5) is 4.79 Å². The number of likely N-dealkylation sites (tertiary alicyclic amines) is 2. The van der Waals surface area contributed by atoms with Crippen LogP contribution in [0.3, 0.4) is 0 Å².